The van der Waals surface area contributed by atoms with Gasteiger partial charge in [0.25, 0.3) is 0 Å². The Bertz CT molecular complexity index is 26.5. The molecule has 0 radical (unpaired) electrons. The van der Waals surface area contributed by atoms with E-state index in [1.807, 2.05) is 0 Å². The van der Waals surface area contributed by atoms with Crippen molar-refractivity contribution in [2.45, 2.75) is 13.8 Å². The summed E-state index contributed by atoms with van der Waals surface area (Å²) in [6, 6.07) is 0. The van der Waals surface area contributed by atoms with E-state index >= 15 is 0 Å². The lowest BCUT2D eigenvalue weighted by Crippen LogP contribution is -2.05. The molecule has 2 N–H and O–H groups in total. The lowest BCUT2D eigenvalue weighted by atomic mass is 10.2. The fourth-order valence-corrected chi connectivity index (χ4v) is 0. The summed E-state index contributed by atoms with van der Waals surface area (Å²) in [5.41, 5.74) is 5.17. The summed E-state index contributed by atoms with van der Waals surface area (Å²) in [5.74, 6) is 0.662. The fourth-order valence-electron chi connectivity index (χ4n) is 0. The van der Waals surface area contributed by atoms with Crippen LogP contribution in [0.2, 0.25) is 0 Å². The molecule has 0 amide bonds. The number of halogens is 4. The minimum Gasteiger partial charge on any atom is -0.330 e. The number of rotatable bonds is 1. The van der Waals surface area contributed by atoms with Crippen LogP contribution in [-0.2, 0) is 0 Å². The molecule has 5 heteroatoms. The highest BCUT2D eigenvalue weighted by Gasteiger charge is 1.80. The maximum atomic E-state index is 5.17. The zero-order valence-corrected chi connectivity index (χ0v) is 8.76. The highest BCUT2D eigenvalue weighted by molar-refractivity contribution is 5.86. The first-order valence-corrected chi connectivity index (χ1v) is 1.97. The van der Waals surface area contributed by atoms with Crippen LogP contribution in [0.4, 0.5) is 0 Å². The van der Waals surface area contributed by atoms with E-state index in [-0.39, 0.29) is 49.6 Å². The first kappa shape index (κ1) is 32.1. The monoisotopic (exact) mass is 217 g/mol. The van der Waals surface area contributed by atoms with Gasteiger partial charge in [0.2, 0.25) is 0 Å². The van der Waals surface area contributed by atoms with Crippen LogP contribution in [0.1, 0.15) is 13.8 Å². The summed E-state index contributed by atoms with van der Waals surface area (Å²) < 4.78 is 0. The average molecular weight is 219 g/mol. The molecule has 0 aliphatic heterocycles. The number of hydrogen-bond donors (Lipinski definition) is 1. The van der Waals surface area contributed by atoms with E-state index in [9.17, 15) is 0 Å². The van der Waals surface area contributed by atoms with Crippen molar-refractivity contribution in [2.24, 2.45) is 11.7 Å². The van der Waals surface area contributed by atoms with Crippen molar-refractivity contribution < 1.29 is 0 Å². The molecule has 0 rings (SSSR count). The zero-order valence-electron chi connectivity index (χ0n) is 5.49. The van der Waals surface area contributed by atoms with E-state index in [2.05, 4.69) is 13.8 Å². The van der Waals surface area contributed by atoms with Crippen LogP contribution in [0.5, 0.6) is 0 Å². The zero-order chi connectivity index (χ0) is 4.28. The Morgan fingerprint density at radius 2 is 1.11 bits per heavy atom. The molecule has 0 atom stereocenters. The van der Waals surface area contributed by atoms with E-state index in [1.54, 1.807) is 0 Å². The van der Waals surface area contributed by atoms with Crippen molar-refractivity contribution in [2.75, 3.05) is 6.54 Å². The van der Waals surface area contributed by atoms with E-state index in [0.29, 0.717) is 5.92 Å². The predicted molar refractivity (Wildman–Crippen MR) is 52.9 cm³/mol. The Morgan fingerprint density at radius 1 is 1.00 bits per heavy atom. The van der Waals surface area contributed by atoms with Gasteiger partial charge < -0.3 is 5.73 Å². The average Bonchev–Trinajstić information content (AvgIpc) is 1.38. The Hall–Kier alpha value is 1.12. The van der Waals surface area contributed by atoms with Crippen LogP contribution in [0.3, 0.4) is 0 Å². The SMILES string of the molecule is CC(C)CN.Cl.Cl.Cl.Cl. The highest BCUT2D eigenvalue weighted by atomic mass is 35.5. The minimum absolute atomic E-state index is 0. The summed E-state index contributed by atoms with van der Waals surface area (Å²) in [6.07, 6.45) is 0. The predicted octanol–water partition coefficient (Wildman–Crippen LogP) is 2.29. The maximum absolute atomic E-state index is 5.17. The van der Waals surface area contributed by atoms with Crippen LogP contribution >= 0.6 is 49.6 Å². The van der Waals surface area contributed by atoms with Gasteiger partial charge in [-0.3, -0.25) is 0 Å². The smallest absolute Gasteiger partial charge is 0.00541 e. The summed E-state index contributed by atoms with van der Waals surface area (Å²) in [4.78, 5) is 0. The van der Waals surface area contributed by atoms with Gasteiger partial charge in [0.15, 0.2) is 0 Å². The molecule has 0 fully saturated rings. The van der Waals surface area contributed by atoms with Gasteiger partial charge in [-0.05, 0) is 12.5 Å². The molecule has 0 aromatic heterocycles. The van der Waals surface area contributed by atoms with Crippen LogP contribution in [-0.4, -0.2) is 6.54 Å². The van der Waals surface area contributed by atoms with Gasteiger partial charge >= 0.3 is 0 Å². The van der Waals surface area contributed by atoms with E-state index < -0.39 is 0 Å². The third-order valence-electron chi connectivity index (χ3n) is 0.471. The molecule has 9 heavy (non-hydrogen) atoms. The quantitative estimate of drug-likeness (QED) is 0.719. The molecule has 0 spiro atoms. The third-order valence-corrected chi connectivity index (χ3v) is 0.471. The van der Waals surface area contributed by atoms with Crippen LogP contribution in [0.15, 0.2) is 0 Å². The van der Waals surface area contributed by atoms with Crippen molar-refractivity contribution >= 4 is 49.6 Å². The molecule has 0 aliphatic rings. The molecule has 0 bridgehead atoms. The molecule has 0 aromatic carbocycles. The third kappa shape index (κ3) is 47.5. The topological polar surface area (TPSA) is 26.0 Å². The second-order valence-electron chi connectivity index (χ2n) is 1.63. The molecule has 0 saturated heterocycles. The van der Waals surface area contributed by atoms with Gasteiger partial charge in [0, 0.05) is 0 Å². The van der Waals surface area contributed by atoms with Crippen molar-refractivity contribution in [3.63, 3.8) is 0 Å². The maximum Gasteiger partial charge on any atom is -0.00541 e. The van der Waals surface area contributed by atoms with E-state index in [1.165, 1.54) is 0 Å². The Labute approximate surface area is 81.8 Å². The molecule has 0 heterocycles. The first-order valence-electron chi connectivity index (χ1n) is 1.97. The molecule has 64 valence electrons. The van der Waals surface area contributed by atoms with Gasteiger partial charge in [-0.15, -0.1) is 49.6 Å². The lowest BCUT2D eigenvalue weighted by molar-refractivity contribution is 0.664. The van der Waals surface area contributed by atoms with Crippen molar-refractivity contribution in [1.82, 2.24) is 0 Å². The fraction of sp³-hybridized carbons (Fsp3) is 1.00. The normalized spacial score (nSPS) is 5.33. The second-order valence-corrected chi connectivity index (χ2v) is 1.63. The van der Waals surface area contributed by atoms with Crippen LogP contribution in [0.25, 0.3) is 0 Å². The van der Waals surface area contributed by atoms with Gasteiger partial charge in [-0.1, -0.05) is 13.8 Å². The van der Waals surface area contributed by atoms with E-state index in [4.69, 9.17) is 5.73 Å². The van der Waals surface area contributed by atoms with Gasteiger partial charge in [-0.2, -0.15) is 0 Å². The van der Waals surface area contributed by atoms with Gasteiger partial charge in [0.1, 0.15) is 0 Å². The van der Waals surface area contributed by atoms with Gasteiger partial charge in [0.05, 0.1) is 0 Å². The summed E-state index contributed by atoms with van der Waals surface area (Å²) in [5, 5.41) is 0. The molecule has 0 saturated carbocycles. The van der Waals surface area contributed by atoms with Crippen molar-refractivity contribution in [3.8, 4) is 0 Å². The molecule has 0 aromatic rings. The van der Waals surface area contributed by atoms with Crippen LogP contribution in [0, 0.1) is 5.92 Å². The van der Waals surface area contributed by atoms with Crippen molar-refractivity contribution in [1.29, 1.82) is 0 Å². The summed E-state index contributed by atoms with van der Waals surface area (Å²) in [6.45, 7) is 5.00. The van der Waals surface area contributed by atoms with Crippen LogP contribution < -0.4 is 5.73 Å². The molecule has 0 aliphatic carbocycles. The molecular weight excluding hydrogens is 204 g/mol. The molecule has 0 unspecified atom stereocenters. The summed E-state index contributed by atoms with van der Waals surface area (Å²) in [7, 11) is 0. The molecule has 1 nitrogen and oxygen atoms in total. The standard InChI is InChI=1S/C4H11N.4ClH/c1-4(2)3-5;;;;/h4H,3,5H2,1-2H3;4*1H. The number of hydrogen-bond acceptors (Lipinski definition) is 1. The Morgan fingerprint density at radius 3 is 1.11 bits per heavy atom. The van der Waals surface area contributed by atoms with E-state index in [0.717, 1.165) is 6.54 Å². The largest absolute Gasteiger partial charge is 0.330 e. The van der Waals surface area contributed by atoms with Gasteiger partial charge in [-0.25, -0.2) is 0 Å². The minimum atomic E-state index is 0. The summed E-state index contributed by atoms with van der Waals surface area (Å²) >= 11 is 0. The second kappa shape index (κ2) is 22.9. The Balaban J connectivity index is -0.0000000133. The first-order chi connectivity index (χ1) is 2.27. The highest BCUT2D eigenvalue weighted by Crippen LogP contribution is 1.81. The van der Waals surface area contributed by atoms with Crippen molar-refractivity contribution in [3.05, 3.63) is 0 Å². The lowest BCUT2D eigenvalue weighted by Gasteiger charge is -1.91. The molecular formula is C4H15Cl4N. The Kier molecular flexibility index (Phi) is 81.8. The number of nitrogens with two attached hydrogens (primary N) is 1.